The molecular formula is C67H73F3N18O12S3. The molecule has 1 aliphatic carbocycles. The van der Waals surface area contributed by atoms with Gasteiger partial charge in [-0.3, -0.25) is 0 Å². The van der Waals surface area contributed by atoms with Crippen LogP contribution in [0.3, 0.4) is 0 Å². The van der Waals surface area contributed by atoms with E-state index in [1.165, 1.54) is 18.8 Å². The summed E-state index contributed by atoms with van der Waals surface area (Å²) in [5.41, 5.74) is 3.92. The van der Waals surface area contributed by atoms with Gasteiger partial charge in [0.1, 0.15) is 51.1 Å². The molecular weight excluding hydrogens is 1400 g/mol. The van der Waals surface area contributed by atoms with Crippen LogP contribution in [-0.2, 0) is 64.1 Å². The van der Waals surface area contributed by atoms with Crippen LogP contribution in [0.15, 0.2) is 60.8 Å². The lowest BCUT2D eigenvalue weighted by atomic mass is 9.80. The number of H-pyrrole nitrogens is 1. The average Bonchev–Trinajstić information content (AvgIpc) is 1.59. The maximum atomic E-state index is 13.7. The van der Waals surface area contributed by atoms with E-state index in [0.29, 0.717) is 182 Å². The molecule has 30 nitrogen and oxygen atoms in total. The van der Waals surface area contributed by atoms with Gasteiger partial charge >= 0.3 is 6.18 Å². The normalized spacial score (nSPS) is 19.3. The minimum atomic E-state index is -4.58. The van der Waals surface area contributed by atoms with E-state index in [4.69, 9.17) is 53.3 Å². The van der Waals surface area contributed by atoms with Crippen LogP contribution in [0.1, 0.15) is 80.7 Å². The quantitative estimate of drug-likeness (QED) is 0.119. The number of nitrogens with one attached hydrogen (secondary N) is 3. The monoisotopic (exact) mass is 1470 g/mol. The molecule has 6 aliphatic heterocycles. The summed E-state index contributed by atoms with van der Waals surface area (Å²) in [6.07, 6.45) is 1.97. The lowest BCUT2D eigenvalue weighted by molar-refractivity contribution is -0.137. The van der Waals surface area contributed by atoms with Gasteiger partial charge in [-0.15, -0.1) is 0 Å². The van der Waals surface area contributed by atoms with Crippen molar-refractivity contribution in [3.63, 3.8) is 0 Å². The first-order valence-electron chi connectivity index (χ1n) is 33.1. The van der Waals surface area contributed by atoms with E-state index >= 15 is 0 Å². The SMILES string of the molecule is CNc1nc2cc(C#N)ccc2n1-c1nc2c(c(C(C)(C)S(C)(=O)=O)n1)OC[C@@H]1COCCN21.CNc1nc2ccc(C#N)cc2n1-c1nc2c(c(C(C)(C)S(C)(=O)=O)n1)OC[C@@H]1COCCN21.CS(=O)(=O)C1(c2nc(-c3cc(C(F)(F)F)cc4[nH]ccc34)nc3c2OC[C@@H]2COCCN32)CCC1. The zero-order valence-corrected chi connectivity index (χ0v) is 60.0. The van der Waals surface area contributed by atoms with Crippen LogP contribution in [0, 0.1) is 22.7 Å². The molecule has 542 valence electrons. The summed E-state index contributed by atoms with van der Waals surface area (Å²) in [6.45, 7) is 12.1. The molecule has 0 spiro atoms. The Morgan fingerprint density at radius 1 is 0.573 bits per heavy atom. The van der Waals surface area contributed by atoms with Crippen LogP contribution in [0.5, 0.6) is 17.2 Å². The van der Waals surface area contributed by atoms with Crippen molar-refractivity contribution >= 4 is 91.8 Å². The zero-order valence-electron chi connectivity index (χ0n) is 57.6. The number of halogens is 3. The molecule has 3 aromatic carbocycles. The van der Waals surface area contributed by atoms with Gasteiger partial charge in [-0.1, -0.05) is 0 Å². The Kier molecular flexibility index (Phi) is 17.7. The Hall–Kier alpha value is -9.72. The van der Waals surface area contributed by atoms with Crippen LogP contribution >= 0.6 is 0 Å². The van der Waals surface area contributed by atoms with Crippen molar-refractivity contribution in [3.05, 3.63) is 94.6 Å². The van der Waals surface area contributed by atoms with E-state index in [1.54, 1.807) is 99.6 Å². The minimum Gasteiger partial charge on any atom is -0.486 e. The van der Waals surface area contributed by atoms with Gasteiger partial charge in [0.15, 0.2) is 70.0 Å². The third-order valence-electron chi connectivity index (χ3n) is 20.2. The van der Waals surface area contributed by atoms with Crippen molar-refractivity contribution in [3.8, 4) is 52.7 Å². The molecule has 0 amide bonds. The topological polar surface area (TPSA) is 368 Å². The zero-order chi connectivity index (χ0) is 73.1. The van der Waals surface area contributed by atoms with E-state index in [0.717, 1.165) is 12.1 Å². The molecule has 7 aliphatic rings. The second-order valence-electron chi connectivity index (χ2n) is 27.1. The second kappa shape index (κ2) is 25.9. The summed E-state index contributed by atoms with van der Waals surface area (Å²) in [7, 11) is -7.28. The molecule has 3 atom stereocenters. The Morgan fingerprint density at radius 2 is 1.06 bits per heavy atom. The van der Waals surface area contributed by atoms with Gasteiger partial charge in [-0.2, -0.15) is 33.7 Å². The van der Waals surface area contributed by atoms with Crippen LogP contribution in [0.25, 0.3) is 56.3 Å². The van der Waals surface area contributed by atoms with Crippen molar-refractivity contribution in [2.75, 3.05) is 137 Å². The number of nitrogens with zero attached hydrogens (tertiary/aromatic N) is 15. The Bertz CT molecular complexity index is 5360. The summed E-state index contributed by atoms with van der Waals surface area (Å²) >= 11 is 0. The highest BCUT2D eigenvalue weighted by atomic mass is 32.2. The van der Waals surface area contributed by atoms with E-state index in [9.17, 15) is 48.9 Å². The number of sulfone groups is 3. The van der Waals surface area contributed by atoms with Gasteiger partial charge in [-0.05, 0) is 102 Å². The number of benzene rings is 3. The van der Waals surface area contributed by atoms with Crippen molar-refractivity contribution in [1.82, 2.24) is 54.0 Å². The molecule has 3 saturated heterocycles. The molecule has 0 radical (unpaired) electrons. The number of anilines is 5. The van der Waals surface area contributed by atoms with E-state index in [-0.39, 0.29) is 65.1 Å². The van der Waals surface area contributed by atoms with Gasteiger partial charge in [0.2, 0.25) is 23.8 Å². The Labute approximate surface area is 590 Å². The van der Waals surface area contributed by atoms with Crippen molar-refractivity contribution in [1.29, 1.82) is 10.5 Å². The number of hydrogen-bond donors (Lipinski definition) is 3. The van der Waals surface area contributed by atoms with Crippen LogP contribution in [0.2, 0.25) is 0 Å². The maximum absolute atomic E-state index is 13.7. The number of imidazole rings is 2. The first-order valence-corrected chi connectivity index (χ1v) is 38.7. The van der Waals surface area contributed by atoms with E-state index in [1.807, 2.05) is 4.90 Å². The predicted molar refractivity (Wildman–Crippen MR) is 375 cm³/mol. The number of fused-ring (bicyclic) bond motifs is 12. The van der Waals surface area contributed by atoms with Gasteiger partial charge < -0.3 is 58.7 Å². The maximum Gasteiger partial charge on any atom is 0.416 e. The summed E-state index contributed by atoms with van der Waals surface area (Å²) in [4.78, 5) is 46.8. The first kappa shape index (κ1) is 70.3. The van der Waals surface area contributed by atoms with E-state index in [2.05, 4.69) is 52.5 Å². The average molecular weight is 1480 g/mol. The molecule has 16 rings (SSSR count). The predicted octanol–water partition coefficient (Wildman–Crippen LogP) is 6.88. The van der Waals surface area contributed by atoms with Gasteiger partial charge in [-0.25, -0.2) is 64.3 Å². The Morgan fingerprint density at radius 3 is 1.53 bits per heavy atom. The highest BCUT2D eigenvalue weighted by Gasteiger charge is 2.54. The number of rotatable bonds is 11. The molecule has 1 saturated carbocycles. The molecule has 0 unspecified atom stereocenters. The fourth-order valence-electron chi connectivity index (χ4n) is 13.7. The standard InChI is InChI=1S/C23H23F3N4O4S.2C22H25N7O4S/c1-35(31,32)22(4-2-5-22)19-18-21(30-7-8-33-11-14(30)12-34-18)29-20(28-19)16-9-13(23(24,25)26)10-17-15(16)3-6-27-17;1-22(2,34(4,30)31)18-17-19(28-7-8-32-11-14(28)12-33-17)27-21(26-18)29-16-6-5-13(10-23)9-15(16)25-20(29)24-3;1-22(2,34(4,30)31)18-17-19(28-7-8-32-11-14(28)12-33-17)27-21(26-18)29-16-9-13(10-23)5-6-15(16)25-20(29)24-3/h3,6,9-10,14,27H,2,4-5,7-8,11-12H2,1H3;2*5-6,9,14H,7-8,11-12H2,1-4H3,(H,24,25)/t3*14-/m000/s1. The summed E-state index contributed by atoms with van der Waals surface area (Å²) in [5, 5.41) is 25.3. The number of morpholine rings is 3. The smallest absolute Gasteiger partial charge is 0.416 e. The number of alkyl halides is 3. The molecule has 103 heavy (non-hydrogen) atoms. The Balaban J connectivity index is 0.000000131. The lowest BCUT2D eigenvalue weighted by Gasteiger charge is -2.44. The highest BCUT2D eigenvalue weighted by molar-refractivity contribution is 7.92. The molecule has 6 aromatic heterocycles. The fraction of sp³-hybridized carbons (Fsp3) is 0.463. The number of nitriles is 2. The van der Waals surface area contributed by atoms with Gasteiger partial charge in [0, 0.05) is 75.2 Å². The second-order valence-corrected chi connectivity index (χ2v) is 34.6. The molecule has 36 heteroatoms. The largest absolute Gasteiger partial charge is 0.486 e. The van der Waals surface area contributed by atoms with Crippen LogP contribution < -0.4 is 39.5 Å². The third kappa shape index (κ3) is 12.1. The first-order chi connectivity index (χ1) is 48.9. The van der Waals surface area contributed by atoms with Crippen molar-refractivity contribution < 1.29 is 66.8 Å². The number of aromatic nitrogens is 11. The summed E-state index contributed by atoms with van der Waals surface area (Å²) in [5.74, 6) is 3.97. The molecule has 12 heterocycles. The number of hydrogen-bond acceptors (Lipinski definition) is 27. The number of ether oxygens (including phenoxy) is 6. The highest BCUT2D eigenvalue weighted by Crippen LogP contribution is 2.54. The van der Waals surface area contributed by atoms with Crippen molar-refractivity contribution in [2.45, 2.75) is 85.5 Å². The van der Waals surface area contributed by atoms with Gasteiger partial charge in [0.25, 0.3) is 0 Å². The summed E-state index contributed by atoms with van der Waals surface area (Å²) in [6, 6.07) is 18.1. The lowest BCUT2D eigenvalue weighted by Crippen LogP contribution is -2.52. The molecule has 9 aromatic rings. The molecule has 4 fully saturated rings. The van der Waals surface area contributed by atoms with E-state index < -0.39 is 55.5 Å². The van der Waals surface area contributed by atoms with Crippen molar-refractivity contribution in [2.24, 2.45) is 0 Å². The van der Waals surface area contributed by atoms with Crippen LogP contribution in [0.4, 0.5) is 42.5 Å². The minimum absolute atomic E-state index is 0.0281. The molecule has 3 N–H and O–H groups in total. The van der Waals surface area contributed by atoms with Gasteiger partial charge in [0.05, 0.1) is 109 Å². The third-order valence-corrected chi connectivity index (χ3v) is 26.3. The summed E-state index contributed by atoms with van der Waals surface area (Å²) < 4.78 is 153. The molecule has 0 bridgehead atoms. The number of aromatic amines is 1. The van der Waals surface area contributed by atoms with Crippen LogP contribution in [-0.4, -0.2) is 209 Å². The fourth-order valence-corrected chi connectivity index (χ4v) is 16.2.